The van der Waals surface area contributed by atoms with E-state index in [1.807, 2.05) is 30.3 Å². The highest BCUT2D eigenvalue weighted by Crippen LogP contribution is 2.47. The van der Waals surface area contributed by atoms with E-state index in [0.29, 0.717) is 11.5 Å². The molecule has 0 aromatic heterocycles. The lowest BCUT2D eigenvalue weighted by molar-refractivity contribution is 0.356. The van der Waals surface area contributed by atoms with Gasteiger partial charge in [-0.2, -0.15) is 0 Å². The zero-order valence-corrected chi connectivity index (χ0v) is 17.3. The van der Waals surface area contributed by atoms with Gasteiger partial charge in [-0.3, -0.25) is 0 Å². The van der Waals surface area contributed by atoms with Gasteiger partial charge < -0.3 is 15.2 Å². The van der Waals surface area contributed by atoms with Gasteiger partial charge in [0.15, 0.2) is 11.5 Å². The Morgan fingerprint density at radius 3 is 2.30 bits per heavy atom. The zero-order valence-electron chi connectivity index (χ0n) is 17.3. The van der Waals surface area contributed by atoms with E-state index in [1.165, 1.54) is 17.7 Å². The maximum Gasteiger partial charge on any atom is 0.168 e. The van der Waals surface area contributed by atoms with Crippen LogP contribution in [0.2, 0.25) is 0 Å². The molecule has 0 amide bonds. The normalized spacial score (nSPS) is 15.5. The molecule has 0 saturated heterocycles. The van der Waals surface area contributed by atoms with Crippen LogP contribution in [0.4, 0.5) is 10.1 Å². The van der Waals surface area contributed by atoms with E-state index in [1.54, 1.807) is 26.4 Å². The first kappa shape index (κ1) is 19.8. The maximum atomic E-state index is 13.5. The van der Waals surface area contributed by atoms with Crippen molar-refractivity contribution in [3.63, 3.8) is 0 Å². The van der Waals surface area contributed by atoms with E-state index >= 15 is 0 Å². The number of ether oxygens (including phenoxy) is 2. The van der Waals surface area contributed by atoms with E-state index in [-0.39, 0.29) is 11.7 Å². The zero-order chi connectivity index (χ0) is 21.3. The van der Waals surface area contributed by atoms with Gasteiger partial charge in [-0.25, -0.2) is 4.39 Å². The first-order valence-corrected chi connectivity index (χ1v) is 9.78. The Morgan fingerprint density at radius 1 is 1.00 bits per heavy atom. The average molecular weight is 401 g/mol. The number of halogens is 1. The van der Waals surface area contributed by atoms with Crippen LogP contribution >= 0.6 is 0 Å². The van der Waals surface area contributed by atoms with Gasteiger partial charge >= 0.3 is 0 Å². The van der Waals surface area contributed by atoms with Gasteiger partial charge in [-0.05, 0) is 65.6 Å². The van der Waals surface area contributed by atoms with Crippen LogP contribution in [0.5, 0.6) is 11.5 Å². The molecule has 0 spiro atoms. The fraction of sp³-hybridized carbons (Fsp3) is 0.154. The van der Waals surface area contributed by atoms with Crippen molar-refractivity contribution >= 4 is 17.3 Å². The smallest absolute Gasteiger partial charge is 0.168 e. The molecule has 1 aliphatic rings. The van der Waals surface area contributed by atoms with E-state index in [9.17, 15) is 4.39 Å². The Balaban J connectivity index is 1.90. The molecule has 4 rings (SSSR count). The number of para-hydroxylation sites is 1. The van der Waals surface area contributed by atoms with Crippen LogP contribution in [-0.2, 0) is 0 Å². The molecule has 3 nitrogen and oxygen atoms in total. The maximum absolute atomic E-state index is 13.5. The summed E-state index contributed by atoms with van der Waals surface area (Å²) >= 11 is 0. The van der Waals surface area contributed by atoms with E-state index in [0.717, 1.165) is 33.5 Å². The fourth-order valence-corrected chi connectivity index (χ4v) is 3.69. The summed E-state index contributed by atoms with van der Waals surface area (Å²) in [5.41, 5.74) is 13.1. The topological polar surface area (TPSA) is 44.5 Å². The Kier molecular flexibility index (Phi) is 5.32. The van der Waals surface area contributed by atoms with Gasteiger partial charge in [0.25, 0.3) is 0 Å². The summed E-state index contributed by atoms with van der Waals surface area (Å²) < 4.78 is 24.8. The van der Waals surface area contributed by atoms with Gasteiger partial charge in [0.1, 0.15) is 5.82 Å². The number of nitrogens with two attached hydrogens (primary N) is 1. The van der Waals surface area contributed by atoms with Crippen LogP contribution in [0.15, 0.2) is 72.3 Å². The number of allylic oxidation sites excluding steroid dienone is 3. The molecule has 0 aliphatic heterocycles. The van der Waals surface area contributed by atoms with Crippen LogP contribution < -0.4 is 15.2 Å². The Hall–Kier alpha value is -3.53. The number of methoxy groups -OCH3 is 2. The molecule has 0 unspecified atom stereocenters. The second kappa shape index (κ2) is 8.07. The molecule has 0 bridgehead atoms. The third kappa shape index (κ3) is 3.81. The van der Waals surface area contributed by atoms with Gasteiger partial charge in [0.2, 0.25) is 0 Å². The standard InChI is InChI=1S/C26H24FNO2/c1-16-12-21(16)22(13-18-6-4-5-7-24(18)28)19-14-23(17-8-10-20(27)11-9-17)26(30-3)25(15-19)29-2/h4-15,21H,28H2,1-3H3/b22-13-/t21-/m0/s1. The molecule has 1 atom stereocenters. The van der Waals surface area contributed by atoms with Crippen molar-refractivity contribution in [3.8, 4) is 22.6 Å². The third-order valence-corrected chi connectivity index (χ3v) is 5.42. The molecular formula is C26H24FNO2. The summed E-state index contributed by atoms with van der Waals surface area (Å²) in [5.74, 6) is 1.22. The lowest BCUT2D eigenvalue weighted by atomic mass is 9.92. The highest BCUT2D eigenvalue weighted by molar-refractivity contribution is 5.92. The van der Waals surface area contributed by atoms with Gasteiger partial charge in [-0.15, -0.1) is 0 Å². The number of nitrogen functional groups attached to an aromatic ring is 1. The summed E-state index contributed by atoms with van der Waals surface area (Å²) in [5, 5.41) is 0. The summed E-state index contributed by atoms with van der Waals surface area (Å²) in [4.78, 5) is 0. The van der Waals surface area contributed by atoms with Crippen LogP contribution in [0.1, 0.15) is 18.1 Å². The molecule has 2 N–H and O–H groups in total. The van der Waals surface area contributed by atoms with Crippen molar-refractivity contribution in [2.75, 3.05) is 20.0 Å². The minimum atomic E-state index is -0.279. The van der Waals surface area contributed by atoms with Crippen molar-refractivity contribution in [1.82, 2.24) is 0 Å². The minimum Gasteiger partial charge on any atom is -0.493 e. The van der Waals surface area contributed by atoms with Crippen LogP contribution in [-0.4, -0.2) is 14.2 Å². The van der Waals surface area contributed by atoms with Crippen molar-refractivity contribution in [3.05, 3.63) is 89.3 Å². The minimum absolute atomic E-state index is 0.253. The van der Waals surface area contributed by atoms with E-state index < -0.39 is 0 Å². The van der Waals surface area contributed by atoms with E-state index in [2.05, 4.69) is 25.1 Å². The third-order valence-electron chi connectivity index (χ3n) is 5.42. The Morgan fingerprint density at radius 2 is 1.70 bits per heavy atom. The van der Waals surface area contributed by atoms with E-state index in [4.69, 9.17) is 15.2 Å². The van der Waals surface area contributed by atoms with Crippen molar-refractivity contribution in [2.24, 2.45) is 5.92 Å². The molecular weight excluding hydrogens is 377 g/mol. The summed E-state index contributed by atoms with van der Waals surface area (Å²) in [6.45, 7) is 2.12. The Labute approximate surface area is 176 Å². The fourth-order valence-electron chi connectivity index (χ4n) is 3.69. The number of benzene rings is 3. The molecule has 1 aliphatic carbocycles. The van der Waals surface area contributed by atoms with Crippen LogP contribution in [0.25, 0.3) is 22.8 Å². The van der Waals surface area contributed by atoms with Crippen molar-refractivity contribution < 1.29 is 13.9 Å². The summed E-state index contributed by atoms with van der Waals surface area (Å²) in [7, 11) is 3.23. The van der Waals surface area contributed by atoms with Crippen LogP contribution in [0.3, 0.4) is 0 Å². The van der Waals surface area contributed by atoms with Crippen LogP contribution in [0, 0.1) is 11.7 Å². The largest absolute Gasteiger partial charge is 0.493 e. The van der Waals surface area contributed by atoms with Gasteiger partial charge in [0, 0.05) is 17.2 Å². The summed E-state index contributed by atoms with van der Waals surface area (Å²) in [6, 6.07) is 18.2. The van der Waals surface area contributed by atoms with Gasteiger partial charge in [-0.1, -0.05) is 42.0 Å². The number of anilines is 1. The molecule has 4 heteroatoms. The lowest BCUT2D eigenvalue weighted by Crippen LogP contribution is -1.98. The number of hydrogen-bond donors (Lipinski definition) is 1. The number of hydrogen-bond acceptors (Lipinski definition) is 3. The molecule has 0 heterocycles. The molecule has 0 fully saturated rings. The molecule has 0 saturated carbocycles. The summed E-state index contributed by atoms with van der Waals surface area (Å²) in [6.07, 6.45) is 4.35. The highest BCUT2D eigenvalue weighted by atomic mass is 19.1. The molecule has 30 heavy (non-hydrogen) atoms. The monoisotopic (exact) mass is 401 g/mol. The Bertz CT molecular complexity index is 1150. The molecule has 3 aromatic carbocycles. The molecule has 152 valence electrons. The molecule has 3 aromatic rings. The van der Waals surface area contributed by atoms with Crippen molar-refractivity contribution in [1.29, 1.82) is 0 Å². The molecule has 0 radical (unpaired) electrons. The second-order valence-electron chi connectivity index (χ2n) is 7.38. The first-order valence-electron chi connectivity index (χ1n) is 9.78. The van der Waals surface area contributed by atoms with Gasteiger partial charge in [0.05, 0.1) is 14.2 Å². The highest BCUT2D eigenvalue weighted by Gasteiger charge is 2.27. The number of rotatable bonds is 6. The quantitative estimate of drug-likeness (QED) is 0.303. The predicted octanol–water partition coefficient (Wildman–Crippen LogP) is 6.21. The average Bonchev–Trinajstić information content (AvgIpc) is 3.48. The first-order chi connectivity index (χ1) is 14.5. The second-order valence-corrected chi connectivity index (χ2v) is 7.38. The SMILES string of the molecule is COc1cc(/C(=C/c2ccccc2N)[C@H]2C=C2C)cc(-c2ccc(F)cc2)c1OC. The van der Waals surface area contributed by atoms with Crippen molar-refractivity contribution in [2.45, 2.75) is 6.92 Å². The lowest BCUT2D eigenvalue weighted by Gasteiger charge is -2.18. The predicted molar refractivity (Wildman–Crippen MR) is 121 cm³/mol.